The number of hydrogen-bond donors (Lipinski definition) is 0. The average Bonchev–Trinajstić information content (AvgIpc) is 2.86. The van der Waals surface area contributed by atoms with Crippen molar-refractivity contribution in [1.82, 2.24) is 0 Å². The minimum absolute atomic E-state index is 0.244. The molecule has 0 aromatic heterocycles. The summed E-state index contributed by atoms with van der Waals surface area (Å²) in [6.07, 6.45) is 17.4. The van der Waals surface area contributed by atoms with Gasteiger partial charge in [0.25, 0.3) is 0 Å². The predicted molar refractivity (Wildman–Crippen MR) is 134 cm³/mol. The molecule has 0 unspecified atom stereocenters. The molecule has 168 valence electrons. The van der Waals surface area contributed by atoms with Gasteiger partial charge in [-0.2, -0.15) is 0 Å². The van der Waals surface area contributed by atoms with Crippen molar-refractivity contribution in [3.63, 3.8) is 0 Å². The molecule has 4 heterocycles. The first-order valence-electron chi connectivity index (χ1n) is 13.7. The van der Waals surface area contributed by atoms with Crippen LogP contribution >= 0.6 is 0 Å². The van der Waals surface area contributed by atoms with Gasteiger partial charge >= 0.3 is 0 Å². The Morgan fingerprint density at radius 2 is 0.969 bits per heavy atom. The standard InChI is InChI=1S/C30H38N2/c1-2-16-30(17-3-1,26-14-12-22-8-4-18-31-20-6-10-24(26)28(22)31)27-15-13-23-9-5-19-32-21-7-11-25(27)29(23)32/h12-15H,1-11,16-21H2. The largest absolute Gasteiger partial charge is 0.371 e. The molecule has 2 heteroatoms. The molecule has 4 aliphatic heterocycles. The van der Waals surface area contributed by atoms with Gasteiger partial charge in [0.2, 0.25) is 0 Å². The zero-order valence-electron chi connectivity index (χ0n) is 19.7. The topological polar surface area (TPSA) is 6.48 Å². The predicted octanol–water partition coefficient (Wildman–Crippen LogP) is 6.33. The first-order chi connectivity index (χ1) is 15.9. The molecule has 32 heavy (non-hydrogen) atoms. The van der Waals surface area contributed by atoms with Crippen molar-refractivity contribution >= 4 is 11.4 Å². The summed E-state index contributed by atoms with van der Waals surface area (Å²) in [7, 11) is 0. The van der Waals surface area contributed by atoms with Crippen LogP contribution in [-0.2, 0) is 31.1 Å². The molecule has 0 N–H and O–H groups in total. The van der Waals surface area contributed by atoms with Crippen molar-refractivity contribution in [2.24, 2.45) is 0 Å². The molecule has 1 saturated carbocycles. The van der Waals surface area contributed by atoms with Crippen LogP contribution in [0.5, 0.6) is 0 Å². The zero-order valence-corrected chi connectivity index (χ0v) is 19.7. The number of anilines is 2. The van der Waals surface area contributed by atoms with E-state index in [2.05, 4.69) is 34.1 Å². The van der Waals surface area contributed by atoms with Gasteiger partial charge in [0.15, 0.2) is 0 Å². The number of aryl methyl sites for hydroxylation is 2. The maximum Gasteiger partial charge on any atom is 0.0434 e. The van der Waals surface area contributed by atoms with Crippen molar-refractivity contribution in [1.29, 1.82) is 0 Å². The van der Waals surface area contributed by atoms with E-state index in [1.807, 2.05) is 0 Å². The monoisotopic (exact) mass is 426 g/mol. The van der Waals surface area contributed by atoms with Gasteiger partial charge in [-0.05, 0) is 97.6 Å². The van der Waals surface area contributed by atoms with Crippen molar-refractivity contribution in [2.75, 3.05) is 36.0 Å². The van der Waals surface area contributed by atoms with E-state index in [1.165, 1.54) is 110 Å². The third-order valence-electron chi connectivity index (χ3n) is 9.56. The Bertz CT molecular complexity index is 964. The summed E-state index contributed by atoms with van der Waals surface area (Å²) >= 11 is 0. The maximum absolute atomic E-state index is 2.75. The van der Waals surface area contributed by atoms with Crippen LogP contribution in [0.15, 0.2) is 24.3 Å². The molecule has 1 aliphatic carbocycles. The van der Waals surface area contributed by atoms with E-state index in [1.54, 1.807) is 44.8 Å². The van der Waals surface area contributed by atoms with Gasteiger partial charge in [-0.15, -0.1) is 0 Å². The van der Waals surface area contributed by atoms with Gasteiger partial charge in [0.1, 0.15) is 0 Å². The van der Waals surface area contributed by atoms with Gasteiger partial charge in [-0.25, -0.2) is 0 Å². The fourth-order valence-corrected chi connectivity index (χ4v) is 8.29. The van der Waals surface area contributed by atoms with Crippen molar-refractivity contribution in [3.05, 3.63) is 57.6 Å². The van der Waals surface area contributed by atoms with Crippen LogP contribution in [0, 0.1) is 0 Å². The number of rotatable bonds is 2. The molecule has 0 spiro atoms. The van der Waals surface area contributed by atoms with Crippen molar-refractivity contribution in [2.45, 2.75) is 88.9 Å². The van der Waals surface area contributed by atoms with Crippen LogP contribution in [0.25, 0.3) is 0 Å². The summed E-state index contributed by atoms with van der Waals surface area (Å²) in [4.78, 5) is 5.49. The molecule has 0 amide bonds. The van der Waals surface area contributed by atoms with Crippen molar-refractivity contribution < 1.29 is 0 Å². The molecule has 2 nitrogen and oxygen atoms in total. The Morgan fingerprint density at radius 3 is 1.47 bits per heavy atom. The van der Waals surface area contributed by atoms with Gasteiger partial charge in [-0.1, -0.05) is 43.5 Å². The van der Waals surface area contributed by atoms with E-state index >= 15 is 0 Å². The molecule has 0 bridgehead atoms. The van der Waals surface area contributed by atoms with Crippen LogP contribution in [0.1, 0.15) is 91.2 Å². The van der Waals surface area contributed by atoms with Crippen LogP contribution in [0.2, 0.25) is 0 Å². The summed E-state index contributed by atoms with van der Waals surface area (Å²) < 4.78 is 0. The molecule has 7 rings (SSSR count). The lowest BCUT2D eigenvalue weighted by Gasteiger charge is -2.46. The van der Waals surface area contributed by atoms with Crippen LogP contribution < -0.4 is 9.80 Å². The maximum atomic E-state index is 2.75. The van der Waals surface area contributed by atoms with Gasteiger partial charge < -0.3 is 9.80 Å². The molecule has 2 aromatic carbocycles. The van der Waals surface area contributed by atoms with E-state index < -0.39 is 0 Å². The highest BCUT2D eigenvalue weighted by Crippen LogP contribution is 2.53. The summed E-state index contributed by atoms with van der Waals surface area (Å²) in [5, 5.41) is 0. The molecule has 1 fully saturated rings. The molecule has 5 aliphatic rings. The minimum Gasteiger partial charge on any atom is -0.371 e. The van der Waals surface area contributed by atoms with Crippen molar-refractivity contribution in [3.8, 4) is 0 Å². The van der Waals surface area contributed by atoms with Crippen LogP contribution in [-0.4, -0.2) is 26.2 Å². The van der Waals surface area contributed by atoms with Gasteiger partial charge in [0, 0.05) is 43.0 Å². The smallest absolute Gasteiger partial charge is 0.0434 e. The Hall–Kier alpha value is -1.96. The van der Waals surface area contributed by atoms with E-state index in [9.17, 15) is 0 Å². The van der Waals surface area contributed by atoms with E-state index in [0.717, 1.165) is 0 Å². The second-order valence-corrected chi connectivity index (χ2v) is 11.2. The van der Waals surface area contributed by atoms with Gasteiger partial charge in [-0.3, -0.25) is 0 Å². The SMILES string of the molecule is c1cc(C2(c3ccc4c5c3CCCN5CCC4)CCCCC2)c2c3c1CCCN3CCC2. The lowest BCUT2D eigenvalue weighted by Crippen LogP contribution is -2.40. The highest BCUT2D eigenvalue weighted by molar-refractivity contribution is 5.71. The van der Waals surface area contributed by atoms with Crippen LogP contribution in [0.4, 0.5) is 11.4 Å². The summed E-state index contributed by atoms with van der Waals surface area (Å²) in [5.74, 6) is 0. The molecule has 2 aromatic rings. The molecule has 0 saturated heterocycles. The quantitative estimate of drug-likeness (QED) is 0.553. The second-order valence-electron chi connectivity index (χ2n) is 11.2. The highest BCUT2D eigenvalue weighted by atomic mass is 15.1. The van der Waals surface area contributed by atoms with E-state index in [0.29, 0.717) is 0 Å². The number of benzene rings is 2. The minimum atomic E-state index is 0.244. The van der Waals surface area contributed by atoms with Crippen LogP contribution in [0.3, 0.4) is 0 Å². The Labute approximate surface area is 194 Å². The third kappa shape index (κ3) is 2.77. The molecular formula is C30H38N2. The lowest BCUT2D eigenvalue weighted by molar-refractivity contribution is 0.340. The normalized spacial score (nSPS) is 23.5. The zero-order chi connectivity index (χ0) is 21.1. The Morgan fingerprint density at radius 1 is 0.500 bits per heavy atom. The Kier molecular flexibility index (Phi) is 4.59. The first kappa shape index (κ1) is 19.5. The number of hydrogen-bond acceptors (Lipinski definition) is 2. The lowest BCUT2D eigenvalue weighted by atomic mass is 9.61. The highest BCUT2D eigenvalue weighted by Gasteiger charge is 2.42. The Balaban J connectivity index is 1.46. The number of nitrogens with zero attached hydrogens (tertiary/aromatic N) is 2. The summed E-state index contributed by atoms with van der Waals surface area (Å²) in [6.45, 7) is 5.09. The molecular weight excluding hydrogens is 388 g/mol. The fraction of sp³-hybridized carbons (Fsp3) is 0.600. The molecule has 0 atom stereocenters. The molecule has 0 radical (unpaired) electrons. The first-order valence-corrected chi connectivity index (χ1v) is 13.7. The fourth-order valence-electron chi connectivity index (χ4n) is 8.29. The average molecular weight is 427 g/mol. The van der Waals surface area contributed by atoms with Gasteiger partial charge in [0.05, 0.1) is 0 Å². The van der Waals surface area contributed by atoms with E-state index in [-0.39, 0.29) is 5.41 Å². The summed E-state index contributed by atoms with van der Waals surface area (Å²) in [6, 6.07) is 10.3. The third-order valence-corrected chi connectivity index (χ3v) is 9.56. The second kappa shape index (κ2) is 7.54. The summed E-state index contributed by atoms with van der Waals surface area (Å²) in [5.41, 5.74) is 13.8. The van der Waals surface area contributed by atoms with E-state index in [4.69, 9.17) is 0 Å².